The molecule has 0 amide bonds. The van der Waals surface area contributed by atoms with E-state index in [0.29, 0.717) is 31.1 Å². The lowest BCUT2D eigenvalue weighted by atomic mass is 9.90. The first-order chi connectivity index (χ1) is 10.9. The van der Waals surface area contributed by atoms with E-state index in [4.69, 9.17) is 0 Å². The van der Waals surface area contributed by atoms with Crippen molar-refractivity contribution in [1.29, 1.82) is 0 Å². The average Bonchev–Trinajstić information content (AvgIpc) is 2.53. The highest BCUT2D eigenvalue weighted by molar-refractivity contribution is 7.88. The third-order valence-electron chi connectivity index (χ3n) is 4.90. The number of piperidine rings is 1. The average molecular weight is 339 g/mol. The van der Waals surface area contributed by atoms with E-state index in [1.165, 1.54) is 11.8 Å². The molecule has 0 spiro atoms. The van der Waals surface area contributed by atoms with Crippen LogP contribution in [0.3, 0.4) is 0 Å². The Morgan fingerprint density at radius 2 is 2.00 bits per heavy atom. The molecule has 0 bridgehead atoms. The number of nitrogens with one attached hydrogen (secondary N) is 1. The van der Waals surface area contributed by atoms with Crippen LogP contribution in [-0.4, -0.2) is 44.2 Å². The summed E-state index contributed by atoms with van der Waals surface area (Å²) in [4.78, 5) is 0. The lowest BCUT2D eigenvalue weighted by Gasteiger charge is -2.38. The van der Waals surface area contributed by atoms with Crippen LogP contribution in [-0.2, 0) is 16.4 Å². The third-order valence-corrected chi connectivity index (χ3v) is 6.17. The predicted molar refractivity (Wildman–Crippen MR) is 96.0 cm³/mol. The number of rotatable bonds is 7. The second-order valence-corrected chi connectivity index (χ2v) is 8.76. The summed E-state index contributed by atoms with van der Waals surface area (Å²) >= 11 is 0. The summed E-state index contributed by atoms with van der Waals surface area (Å²) in [6.45, 7) is 5.68. The summed E-state index contributed by atoms with van der Waals surface area (Å²) in [6.07, 6.45) is 5.41. The molecule has 1 aliphatic rings. The van der Waals surface area contributed by atoms with Crippen molar-refractivity contribution in [3.8, 4) is 0 Å². The maximum absolute atomic E-state index is 11.7. The van der Waals surface area contributed by atoms with Crippen LogP contribution < -0.4 is 5.32 Å². The molecule has 0 aromatic heterocycles. The standard InChI is InChI=1S/C18H30N2O2S/c1-4-17-14-20(23(3,21)22)13-12-18(17)19-15(2)10-11-16-8-6-5-7-9-16/h5-9,15,17-19H,4,10-14H2,1-3H3/t15-,17-,18-/m1/s1. The third kappa shape index (κ3) is 5.59. The Labute approximate surface area is 141 Å². The highest BCUT2D eigenvalue weighted by atomic mass is 32.2. The molecule has 0 radical (unpaired) electrons. The summed E-state index contributed by atoms with van der Waals surface area (Å²) < 4.78 is 25.1. The van der Waals surface area contributed by atoms with Gasteiger partial charge in [0.15, 0.2) is 0 Å². The quantitative estimate of drug-likeness (QED) is 0.831. The lowest BCUT2D eigenvalue weighted by Crippen LogP contribution is -2.52. The normalized spacial score (nSPS) is 24.5. The van der Waals surface area contributed by atoms with E-state index in [1.54, 1.807) is 4.31 Å². The van der Waals surface area contributed by atoms with Gasteiger partial charge in [0.1, 0.15) is 0 Å². The molecule has 5 heteroatoms. The van der Waals surface area contributed by atoms with Crippen molar-refractivity contribution in [3.63, 3.8) is 0 Å². The molecular formula is C18H30N2O2S. The Bertz CT molecular complexity index is 574. The van der Waals surface area contributed by atoms with E-state index in [9.17, 15) is 8.42 Å². The van der Waals surface area contributed by atoms with Crippen molar-refractivity contribution in [2.24, 2.45) is 5.92 Å². The van der Waals surface area contributed by atoms with Gasteiger partial charge < -0.3 is 5.32 Å². The van der Waals surface area contributed by atoms with E-state index < -0.39 is 10.0 Å². The van der Waals surface area contributed by atoms with Crippen molar-refractivity contribution < 1.29 is 8.42 Å². The van der Waals surface area contributed by atoms with Crippen LogP contribution in [0.1, 0.15) is 38.7 Å². The van der Waals surface area contributed by atoms with E-state index in [1.807, 2.05) is 6.07 Å². The fourth-order valence-corrected chi connectivity index (χ4v) is 4.31. The number of sulfonamides is 1. The summed E-state index contributed by atoms with van der Waals surface area (Å²) in [5, 5.41) is 3.74. The van der Waals surface area contributed by atoms with Gasteiger partial charge in [-0.2, -0.15) is 0 Å². The Morgan fingerprint density at radius 3 is 2.61 bits per heavy atom. The molecule has 1 N–H and O–H groups in total. The van der Waals surface area contributed by atoms with Gasteiger partial charge in [-0.15, -0.1) is 0 Å². The van der Waals surface area contributed by atoms with Gasteiger partial charge in [0.25, 0.3) is 0 Å². The van der Waals surface area contributed by atoms with Crippen molar-refractivity contribution in [2.75, 3.05) is 19.3 Å². The molecule has 1 aliphatic heterocycles. The number of benzene rings is 1. The molecule has 23 heavy (non-hydrogen) atoms. The molecule has 1 aromatic rings. The highest BCUT2D eigenvalue weighted by Crippen LogP contribution is 2.23. The van der Waals surface area contributed by atoms with Crippen LogP contribution in [0, 0.1) is 5.92 Å². The second kappa shape index (κ2) is 8.27. The summed E-state index contributed by atoms with van der Waals surface area (Å²) in [5.74, 6) is 0.401. The molecule has 0 saturated carbocycles. The van der Waals surface area contributed by atoms with Gasteiger partial charge in [-0.05, 0) is 37.7 Å². The minimum absolute atomic E-state index is 0.401. The molecule has 0 unspecified atom stereocenters. The summed E-state index contributed by atoms with van der Waals surface area (Å²) in [6, 6.07) is 11.4. The van der Waals surface area contributed by atoms with Crippen molar-refractivity contribution in [1.82, 2.24) is 9.62 Å². The van der Waals surface area contributed by atoms with Crippen LogP contribution in [0.25, 0.3) is 0 Å². The maximum Gasteiger partial charge on any atom is 0.211 e. The zero-order valence-corrected chi connectivity index (χ0v) is 15.3. The van der Waals surface area contributed by atoms with E-state index in [2.05, 4.69) is 43.4 Å². The van der Waals surface area contributed by atoms with Gasteiger partial charge in [-0.3, -0.25) is 0 Å². The Balaban J connectivity index is 1.84. The van der Waals surface area contributed by atoms with Gasteiger partial charge >= 0.3 is 0 Å². The van der Waals surface area contributed by atoms with Crippen molar-refractivity contribution >= 4 is 10.0 Å². The molecule has 1 aromatic carbocycles. The van der Waals surface area contributed by atoms with Crippen LogP contribution in [0.15, 0.2) is 30.3 Å². The van der Waals surface area contributed by atoms with Gasteiger partial charge in [0.05, 0.1) is 6.26 Å². The number of nitrogens with zero attached hydrogens (tertiary/aromatic N) is 1. The molecular weight excluding hydrogens is 308 g/mol. The first-order valence-corrected chi connectivity index (χ1v) is 10.5. The number of aryl methyl sites for hydroxylation is 1. The summed E-state index contributed by atoms with van der Waals surface area (Å²) in [7, 11) is -3.06. The molecule has 0 aliphatic carbocycles. The van der Waals surface area contributed by atoms with E-state index >= 15 is 0 Å². The Kier molecular flexibility index (Phi) is 6.62. The first kappa shape index (κ1) is 18.4. The van der Waals surface area contributed by atoms with E-state index in [-0.39, 0.29) is 0 Å². The molecule has 3 atom stereocenters. The first-order valence-electron chi connectivity index (χ1n) is 8.65. The van der Waals surface area contributed by atoms with Gasteiger partial charge in [0.2, 0.25) is 10.0 Å². The smallest absolute Gasteiger partial charge is 0.211 e. The fourth-order valence-electron chi connectivity index (χ4n) is 3.41. The van der Waals surface area contributed by atoms with Crippen LogP contribution >= 0.6 is 0 Å². The molecule has 1 saturated heterocycles. The second-order valence-electron chi connectivity index (χ2n) is 6.78. The fraction of sp³-hybridized carbons (Fsp3) is 0.667. The monoisotopic (exact) mass is 338 g/mol. The topological polar surface area (TPSA) is 49.4 Å². The van der Waals surface area contributed by atoms with Crippen molar-refractivity contribution in [3.05, 3.63) is 35.9 Å². The minimum Gasteiger partial charge on any atom is -0.311 e. The predicted octanol–water partition coefficient (Wildman–Crippen LogP) is 2.66. The van der Waals surface area contributed by atoms with Crippen LogP contribution in [0.5, 0.6) is 0 Å². The van der Waals surface area contributed by atoms with Crippen LogP contribution in [0.4, 0.5) is 0 Å². The molecule has 1 fully saturated rings. The zero-order valence-electron chi connectivity index (χ0n) is 14.5. The SMILES string of the molecule is CC[C@@H]1CN(S(C)(=O)=O)CC[C@H]1N[C@H](C)CCc1ccccc1. The molecule has 4 nitrogen and oxygen atoms in total. The molecule has 130 valence electrons. The minimum atomic E-state index is -3.06. The number of hydrogen-bond acceptors (Lipinski definition) is 3. The van der Waals surface area contributed by atoms with Gasteiger partial charge in [-0.1, -0.05) is 43.7 Å². The van der Waals surface area contributed by atoms with E-state index in [0.717, 1.165) is 25.7 Å². The highest BCUT2D eigenvalue weighted by Gasteiger charge is 2.32. The summed E-state index contributed by atoms with van der Waals surface area (Å²) in [5.41, 5.74) is 1.38. The maximum atomic E-state index is 11.7. The lowest BCUT2D eigenvalue weighted by molar-refractivity contribution is 0.191. The number of hydrogen-bond donors (Lipinski definition) is 1. The largest absolute Gasteiger partial charge is 0.311 e. The molecule has 2 rings (SSSR count). The van der Waals surface area contributed by atoms with Crippen molar-refractivity contribution in [2.45, 2.75) is 51.6 Å². The van der Waals surface area contributed by atoms with Gasteiger partial charge in [-0.25, -0.2) is 12.7 Å². The van der Waals surface area contributed by atoms with Gasteiger partial charge in [0, 0.05) is 25.2 Å². The molecule has 1 heterocycles. The zero-order chi connectivity index (χ0) is 16.9. The Hall–Kier alpha value is -0.910. The Morgan fingerprint density at radius 1 is 1.30 bits per heavy atom. The van der Waals surface area contributed by atoms with Crippen LogP contribution in [0.2, 0.25) is 0 Å².